The fraction of sp³-hybridized carbons (Fsp3) is 0.300. The van der Waals surface area contributed by atoms with E-state index in [4.69, 9.17) is 10.1 Å². The van der Waals surface area contributed by atoms with Crippen molar-refractivity contribution >= 4 is 5.90 Å². The van der Waals surface area contributed by atoms with Gasteiger partial charge < -0.3 is 4.74 Å². The maximum atomic E-state index is 7.45. The lowest BCUT2D eigenvalue weighted by Gasteiger charge is -2.04. The summed E-state index contributed by atoms with van der Waals surface area (Å²) in [5.41, 5.74) is 3.16. The summed E-state index contributed by atoms with van der Waals surface area (Å²) >= 11 is 0. The van der Waals surface area contributed by atoms with Crippen LogP contribution in [0.3, 0.4) is 0 Å². The molecule has 64 valence electrons. The highest BCUT2D eigenvalue weighted by Crippen LogP contribution is 2.09. The predicted octanol–water partition coefficient (Wildman–Crippen LogP) is 2.28. The Balaban J connectivity index is 3.08. The number of rotatable bonds is 1. The molecule has 0 fully saturated rings. The van der Waals surface area contributed by atoms with Crippen molar-refractivity contribution < 1.29 is 4.74 Å². The Morgan fingerprint density at radius 1 is 1.17 bits per heavy atom. The summed E-state index contributed by atoms with van der Waals surface area (Å²) in [6.45, 7) is 4.03. The predicted molar refractivity (Wildman–Crippen MR) is 49.8 cm³/mol. The van der Waals surface area contributed by atoms with Crippen LogP contribution in [0.25, 0.3) is 0 Å². The second kappa shape index (κ2) is 3.39. The van der Waals surface area contributed by atoms with Crippen molar-refractivity contribution in [1.29, 1.82) is 5.41 Å². The molecule has 0 amide bonds. The van der Waals surface area contributed by atoms with Gasteiger partial charge in [0, 0.05) is 5.56 Å². The molecule has 0 heterocycles. The molecule has 0 aliphatic rings. The average molecular weight is 163 g/mol. The fourth-order valence-electron chi connectivity index (χ4n) is 1.22. The van der Waals surface area contributed by atoms with Crippen molar-refractivity contribution in [1.82, 2.24) is 0 Å². The number of nitrogens with one attached hydrogen (secondary N) is 1. The van der Waals surface area contributed by atoms with Crippen LogP contribution in [-0.2, 0) is 4.74 Å². The Bertz CT molecular complexity index is 284. The van der Waals surface area contributed by atoms with Crippen molar-refractivity contribution in [3.8, 4) is 0 Å². The number of benzene rings is 1. The molecular weight excluding hydrogens is 150 g/mol. The van der Waals surface area contributed by atoms with Gasteiger partial charge in [0.05, 0.1) is 7.11 Å². The average Bonchev–Trinajstić information content (AvgIpc) is 2.01. The largest absolute Gasteiger partial charge is 0.481 e. The number of methoxy groups -OCH3 is 1. The van der Waals surface area contributed by atoms with Gasteiger partial charge in [0.1, 0.15) is 0 Å². The van der Waals surface area contributed by atoms with E-state index < -0.39 is 0 Å². The molecule has 1 aromatic rings. The second-order valence-electron chi connectivity index (χ2n) is 2.91. The van der Waals surface area contributed by atoms with E-state index in [0.29, 0.717) is 0 Å². The number of hydrogen-bond acceptors (Lipinski definition) is 2. The zero-order valence-corrected chi connectivity index (χ0v) is 7.64. The van der Waals surface area contributed by atoms with Crippen molar-refractivity contribution in [3.05, 3.63) is 34.9 Å². The quantitative estimate of drug-likeness (QED) is 0.500. The Morgan fingerprint density at radius 2 is 1.67 bits per heavy atom. The third-order valence-corrected chi connectivity index (χ3v) is 1.69. The van der Waals surface area contributed by atoms with Gasteiger partial charge in [-0.15, -0.1) is 0 Å². The summed E-state index contributed by atoms with van der Waals surface area (Å²) in [7, 11) is 1.51. The Morgan fingerprint density at radius 3 is 2.08 bits per heavy atom. The maximum absolute atomic E-state index is 7.45. The van der Waals surface area contributed by atoms with Crippen LogP contribution in [0.15, 0.2) is 18.2 Å². The fourth-order valence-corrected chi connectivity index (χ4v) is 1.22. The first-order valence-corrected chi connectivity index (χ1v) is 3.84. The number of hydrogen-bond donors (Lipinski definition) is 1. The summed E-state index contributed by atoms with van der Waals surface area (Å²) in [4.78, 5) is 0. The van der Waals surface area contributed by atoms with Crippen LogP contribution in [-0.4, -0.2) is 13.0 Å². The van der Waals surface area contributed by atoms with Crippen LogP contribution in [0.1, 0.15) is 16.7 Å². The van der Waals surface area contributed by atoms with Gasteiger partial charge in [-0.2, -0.15) is 0 Å². The molecule has 1 aromatic carbocycles. The van der Waals surface area contributed by atoms with E-state index in [1.165, 1.54) is 7.11 Å². The third-order valence-electron chi connectivity index (χ3n) is 1.69. The molecular formula is C10H13NO. The molecule has 0 aliphatic carbocycles. The molecule has 0 atom stereocenters. The van der Waals surface area contributed by atoms with Crippen LogP contribution in [0, 0.1) is 19.3 Å². The molecule has 0 radical (unpaired) electrons. The summed E-state index contributed by atoms with van der Waals surface area (Å²) in [5, 5.41) is 7.45. The first-order valence-electron chi connectivity index (χ1n) is 3.84. The molecule has 2 nitrogen and oxygen atoms in total. The monoisotopic (exact) mass is 163 g/mol. The van der Waals surface area contributed by atoms with Crippen molar-refractivity contribution in [3.63, 3.8) is 0 Å². The molecule has 0 saturated carbocycles. The van der Waals surface area contributed by atoms with Gasteiger partial charge in [-0.05, 0) is 26.0 Å². The van der Waals surface area contributed by atoms with E-state index >= 15 is 0 Å². The van der Waals surface area contributed by atoms with Gasteiger partial charge in [-0.25, -0.2) is 0 Å². The van der Waals surface area contributed by atoms with E-state index in [-0.39, 0.29) is 5.90 Å². The lowest BCUT2D eigenvalue weighted by Crippen LogP contribution is -2.01. The lowest BCUT2D eigenvalue weighted by atomic mass is 10.1. The Labute approximate surface area is 72.7 Å². The van der Waals surface area contributed by atoms with Crippen LogP contribution in [0.4, 0.5) is 0 Å². The van der Waals surface area contributed by atoms with Crippen molar-refractivity contribution in [2.45, 2.75) is 13.8 Å². The molecule has 0 spiro atoms. The van der Waals surface area contributed by atoms with Crippen molar-refractivity contribution in [2.75, 3.05) is 7.11 Å². The highest BCUT2D eigenvalue weighted by molar-refractivity contribution is 5.91. The summed E-state index contributed by atoms with van der Waals surface area (Å²) < 4.78 is 4.83. The van der Waals surface area contributed by atoms with Gasteiger partial charge in [0.2, 0.25) is 5.90 Å². The highest BCUT2D eigenvalue weighted by atomic mass is 16.5. The van der Waals surface area contributed by atoms with Gasteiger partial charge in [-0.1, -0.05) is 17.2 Å². The smallest absolute Gasteiger partial charge is 0.212 e. The van der Waals surface area contributed by atoms with Crippen molar-refractivity contribution in [2.24, 2.45) is 0 Å². The third kappa shape index (κ3) is 1.84. The molecule has 1 N–H and O–H groups in total. The minimum atomic E-state index is 0.224. The maximum Gasteiger partial charge on any atom is 0.212 e. The summed E-state index contributed by atoms with van der Waals surface area (Å²) in [6.07, 6.45) is 0. The molecule has 0 bridgehead atoms. The van der Waals surface area contributed by atoms with Crippen LogP contribution in [0.2, 0.25) is 0 Å². The molecule has 0 saturated heterocycles. The van der Waals surface area contributed by atoms with E-state index in [2.05, 4.69) is 6.07 Å². The van der Waals surface area contributed by atoms with Gasteiger partial charge in [0.25, 0.3) is 0 Å². The lowest BCUT2D eigenvalue weighted by molar-refractivity contribution is 0.401. The van der Waals surface area contributed by atoms with Gasteiger partial charge in [-0.3, -0.25) is 5.41 Å². The van der Waals surface area contributed by atoms with Gasteiger partial charge in [0.15, 0.2) is 0 Å². The topological polar surface area (TPSA) is 33.1 Å². The molecule has 0 aliphatic heterocycles. The Hall–Kier alpha value is -1.31. The number of aryl methyl sites for hydroxylation is 2. The van der Waals surface area contributed by atoms with Gasteiger partial charge >= 0.3 is 0 Å². The van der Waals surface area contributed by atoms with E-state index in [1.54, 1.807) is 0 Å². The molecule has 0 aromatic heterocycles. The van der Waals surface area contributed by atoms with Crippen LogP contribution in [0.5, 0.6) is 0 Å². The zero-order chi connectivity index (χ0) is 9.14. The zero-order valence-electron chi connectivity index (χ0n) is 7.64. The minimum Gasteiger partial charge on any atom is -0.481 e. The first-order chi connectivity index (χ1) is 5.63. The SMILES string of the molecule is COC(=N)c1cc(C)cc(C)c1. The summed E-state index contributed by atoms with van der Waals surface area (Å²) in [5.74, 6) is 0.224. The van der Waals surface area contributed by atoms with Crippen LogP contribution >= 0.6 is 0 Å². The van der Waals surface area contributed by atoms with E-state index in [9.17, 15) is 0 Å². The first kappa shape index (κ1) is 8.78. The summed E-state index contributed by atoms with van der Waals surface area (Å²) in [6, 6.07) is 5.96. The highest BCUT2D eigenvalue weighted by Gasteiger charge is 2.01. The normalized spacial score (nSPS) is 9.58. The molecule has 0 unspecified atom stereocenters. The van der Waals surface area contributed by atoms with E-state index in [1.807, 2.05) is 26.0 Å². The molecule has 12 heavy (non-hydrogen) atoms. The second-order valence-corrected chi connectivity index (χ2v) is 2.91. The number of ether oxygens (including phenoxy) is 1. The standard InChI is InChI=1S/C10H13NO/c1-7-4-8(2)6-9(5-7)10(11)12-3/h4-6,11H,1-3H3. The molecule has 1 rings (SSSR count). The van der Waals surface area contributed by atoms with E-state index in [0.717, 1.165) is 16.7 Å². The van der Waals surface area contributed by atoms with Crippen LogP contribution < -0.4 is 0 Å². The molecule has 2 heteroatoms. The minimum absolute atomic E-state index is 0.224. The Kier molecular flexibility index (Phi) is 2.48.